The third-order valence-electron chi connectivity index (χ3n) is 4.92. The Bertz CT molecular complexity index is 1050. The van der Waals surface area contributed by atoms with Crippen LogP contribution in [0.1, 0.15) is 32.0 Å². The van der Waals surface area contributed by atoms with E-state index in [9.17, 15) is 13.2 Å². The average molecular weight is 451 g/mol. The van der Waals surface area contributed by atoms with Crippen LogP contribution in [0.5, 0.6) is 5.75 Å². The Hall–Kier alpha value is -2.43. The molecule has 31 heavy (non-hydrogen) atoms. The van der Waals surface area contributed by atoms with Crippen molar-refractivity contribution >= 4 is 21.7 Å². The molecule has 2 aromatic rings. The van der Waals surface area contributed by atoms with Crippen molar-refractivity contribution in [3.63, 3.8) is 0 Å². The third kappa shape index (κ3) is 5.25. The van der Waals surface area contributed by atoms with E-state index in [1.165, 1.54) is 17.5 Å². The zero-order valence-corrected chi connectivity index (χ0v) is 19.5. The fraction of sp³-hybridized carbons (Fsp3) is 0.524. The number of methoxy groups -OCH3 is 1. The molecule has 0 spiro atoms. The number of ether oxygens (including phenoxy) is 2. The normalized spacial score (nSPS) is 15.6. The molecule has 0 radical (unpaired) electrons. The molecule has 10 heteroatoms. The minimum Gasteiger partial charge on any atom is -0.495 e. The van der Waals surface area contributed by atoms with Crippen LogP contribution >= 0.6 is 0 Å². The van der Waals surface area contributed by atoms with Gasteiger partial charge in [0.25, 0.3) is 0 Å². The van der Waals surface area contributed by atoms with E-state index in [1.807, 2.05) is 33.8 Å². The second kappa shape index (κ2) is 8.97. The zero-order valence-electron chi connectivity index (χ0n) is 18.6. The smallest absolute Gasteiger partial charge is 0.246 e. The van der Waals surface area contributed by atoms with Crippen molar-refractivity contribution in [2.45, 2.75) is 44.6 Å². The van der Waals surface area contributed by atoms with Crippen molar-refractivity contribution in [2.75, 3.05) is 38.7 Å². The Balaban J connectivity index is 1.83. The van der Waals surface area contributed by atoms with Gasteiger partial charge < -0.3 is 14.8 Å². The van der Waals surface area contributed by atoms with Crippen molar-refractivity contribution in [1.82, 2.24) is 14.1 Å². The highest BCUT2D eigenvalue weighted by Crippen LogP contribution is 2.29. The lowest BCUT2D eigenvalue weighted by Crippen LogP contribution is -2.40. The SMILES string of the molecule is COc1ccc(CC(=O)Nc2cc(C)nn2C(C)(C)C)cc1S(=O)(=O)N1CCOCC1. The topological polar surface area (TPSA) is 103 Å². The number of carbonyl (C=O) groups is 1. The molecule has 0 bridgehead atoms. The van der Waals surface area contributed by atoms with Crippen LogP contribution in [-0.2, 0) is 31.5 Å². The number of benzene rings is 1. The molecular formula is C21H30N4O5S. The molecule has 1 N–H and O–H groups in total. The summed E-state index contributed by atoms with van der Waals surface area (Å²) < 4.78 is 40.0. The maximum absolute atomic E-state index is 13.1. The van der Waals surface area contributed by atoms with Crippen LogP contribution in [0.3, 0.4) is 0 Å². The van der Waals surface area contributed by atoms with E-state index < -0.39 is 10.0 Å². The number of aryl methyl sites for hydroxylation is 1. The molecular weight excluding hydrogens is 420 g/mol. The van der Waals surface area contributed by atoms with Gasteiger partial charge in [0.05, 0.1) is 38.0 Å². The molecule has 1 saturated heterocycles. The zero-order chi connectivity index (χ0) is 22.8. The number of amides is 1. The third-order valence-corrected chi connectivity index (χ3v) is 6.83. The Morgan fingerprint density at radius 1 is 1.23 bits per heavy atom. The van der Waals surface area contributed by atoms with E-state index >= 15 is 0 Å². The minimum absolute atomic E-state index is 0.0179. The maximum atomic E-state index is 13.1. The first-order valence-electron chi connectivity index (χ1n) is 10.1. The lowest BCUT2D eigenvalue weighted by atomic mass is 10.1. The first-order chi connectivity index (χ1) is 14.5. The van der Waals surface area contributed by atoms with Crippen molar-refractivity contribution in [1.29, 1.82) is 0 Å². The summed E-state index contributed by atoms with van der Waals surface area (Å²) in [5.74, 6) is 0.590. The predicted octanol–water partition coefficient (Wildman–Crippen LogP) is 2.16. The van der Waals surface area contributed by atoms with Crippen LogP contribution in [0, 0.1) is 6.92 Å². The van der Waals surface area contributed by atoms with E-state index in [0.717, 1.165) is 5.69 Å². The van der Waals surface area contributed by atoms with Gasteiger partial charge in [-0.3, -0.25) is 4.79 Å². The first-order valence-corrected chi connectivity index (χ1v) is 11.6. The number of nitrogens with zero attached hydrogens (tertiary/aromatic N) is 3. The Kier molecular flexibility index (Phi) is 6.73. The number of nitrogens with one attached hydrogen (secondary N) is 1. The summed E-state index contributed by atoms with van der Waals surface area (Å²) in [4.78, 5) is 12.8. The Morgan fingerprint density at radius 2 is 1.90 bits per heavy atom. The van der Waals surface area contributed by atoms with Crippen LogP contribution in [0.2, 0.25) is 0 Å². The molecule has 3 rings (SSSR count). The van der Waals surface area contributed by atoms with Gasteiger partial charge in [-0.25, -0.2) is 13.1 Å². The molecule has 2 heterocycles. The highest BCUT2D eigenvalue weighted by atomic mass is 32.2. The number of anilines is 1. The molecule has 1 aliphatic heterocycles. The average Bonchev–Trinajstić information content (AvgIpc) is 3.09. The maximum Gasteiger partial charge on any atom is 0.246 e. The molecule has 1 aromatic carbocycles. The van der Waals surface area contributed by atoms with E-state index in [1.54, 1.807) is 16.8 Å². The van der Waals surface area contributed by atoms with Gasteiger partial charge in [0.2, 0.25) is 15.9 Å². The van der Waals surface area contributed by atoms with Crippen LogP contribution in [0.15, 0.2) is 29.2 Å². The quantitative estimate of drug-likeness (QED) is 0.724. The lowest BCUT2D eigenvalue weighted by Gasteiger charge is -2.26. The van der Waals surface area contributed by atoms with E-state index in [2.05, 4.69) is 10.4 Å². The number of sulfonamides is 1. The minimum atomic E-state index is -3.76. The fourth-order valence-corrected chi connectivity index (χ4v) is 5.04. The van der Waals surface area contributed by atoms with Crippen LogP contribution in [0.25, 0.3) is 0 Å². The van der Waals surface area contributed by atoms with Gasteiger partial charge in [-0.05, 0) is 45.4 Å². The number of aromatic nitrogens is 2. The Morgan fingerprint density at radius 3 is 2.52 bits per heavy atom. The largest absolute Gasteiger partial charge is 0.495 e. The standard InChI is InChI=1S/C21H30N4O5S/c1-15-12-19(25(23-15)21(2,3)4)22-20(26)14-16-6-7-17(29-5)18(13-16)31(27,28)24-8-10-30-11-9-24/h6-7,12-13H,8-11,14H2,1-5H3,(H,22,26). The highest BCUT2D eigenvalue weighted by molar-refractivity contribution is 7.89. The molecule has 0 atom stereocenters. The Labute approximate surface area is 183 Å². The van der Waals surface area contributed by atoms with Crippen molar-refractivity contribution in [3.8, 4) is 5.75 Å². The molecule has 0 saturated carbocycles. The molecule has 1 aliphatic rings. The second-order valence-corrected chi connectivity index (χ2v) is 10.4. The fourth-order valence-electron chi connectivity index (χ4n) is 3.43. The molecule has 1 aromatic heterocycles. The highest BCUT2D eigenvalue weighted by Gasteiger charge is 2.29. The number of morpholine rings is 1. The van der Waals surface area contributed by atoms with Gasteiger partial charge in [0.1, 0.15) is 16.5 Å². The summed E-state index contributed by atoms with van der Waals surface area (Å²) in [6.07, 6.45) is 0.0179. The summed E-state index contributed by atoms with van der Waals surface area (Å²) >= 11 is 0. The number of carbonyl (C=O) groups excluding carboxylic acids is 1. The van der Waals surface area contributed by atoms with Gasteiger partial charge in [0, 0.05) is 19.2 Å². The van der Waals surface area contributed by atoms with Gasteiger partial charge in [-0.2, -0.15) is 9.40 Å². The molecule has 0 unspecified atom stereocenters. The van der Waals surface area contributed by atoms with Crippen molar-refractivity contribution < 1.29 is 22.7 Å². The molecule has 1 fully saturated rings. The van der Waals surface area contributed by atoms with Gasteiger partial charge >= 0.3 is 0 Å². The number of rotatable bonds is 6. The van der Waals surface area contributed by atoms with Crippen molar-refractivity contribution in [3.05, 3.63) is 35.5 Å². The summed E-state index contributed by atoms with van der Waals surface area (Å²) in [7, 11) is -2.34. The number of hydrogen-bond donors (Lipinski definition) is 1. The molecule has 0 aliphatic carbocycles. The molecule has 170 valence electrons. The van der Waals surface area contributed by atoms with Crippen molar-refractivity contribution in [2.24, 2.45) is 0 Å². The van der Waals surface area contributed by atoms with Gasteiger partial charge in [-0.1, -0.05) is 6.07 Å². The van der Waals surface area contributed by atoms with Crippen LogP contribution < -0.4 is 10.1 Å². The van der Waals surface area contributed by atoms with E-state index in [-0.39, 0.29) is 41.6 Å². The molecule has 1 amide bonds. The summed E-state index contributed by atoms with van der Waals surface area (Å²) in [6.45, 7) is 9.14. The molecule has 9 nitrogen and oxygen atoms in total. The summed E-state index contributed by atoms with van der Waals surface area (Å²) in [5, 5.41) is 7.34. The first kappa shape index (κ1) is 23.2. The number of hydrogen-bond acceptors (Lipinski definition) is 6. The predicted molar refractivity (Wildman–Crippen MR) is 117 cm³/mol. The van der Waals surface area contributed by atoms with Gasteiger partial charge in [-0.15, -0.1) is 0 Å². The summed E-state index contributed by atoms with van der Waals surface area (Å²) in [6, 6.07) is 6.60. The van der Waals surface area contributed by atoms with Gasteiger partial charge in [0.15, 0.2) is 0 Å². The van der Waals surface area contributed by atoms with E-state index in [0.29, 0.717) is 24.6 Å². The van der Waals surface area contributed by atoms with Crippen LogP contribution in [0.4, 0.5) is 5.82 Å². The van der Waals surface area contributed by atoms with Crippen LogP contribution in [-0.4, -0.2) is 61.8 Å². The summed E-state index contributed by atoms with van der Waals surface area (Å²) in [5.41, 5.74) is 1.08. The lowest BCUT2D eigenvalue weighted by molar-refractivity contribution is -0.115. The monoisotopic (exact) mass is 450 g/mol. The second-order valence-electron chi connectivity index (χ2n) is 8.48. The van der Waals surface area contributed by atoms with E-state index in [4.69, 9.17) is 9.47 Å².